The summed E-state index contributed by atoms with van der Waals surface area (Å²) in [6.07, 6.45) is 7.15. The molecule has 0 unspecified atom stereocenters. The minimum Gasteiger partial charge on any atom is -0.490 e. The number of para-hydroxylation sites is 1. The Morgan fingerprint density at radius 3 is 2.68 bits per heavy atom. The first-order chi connectivity index (χ1) is 18.1. The highest BCUT2D eigenvalue weighted by molar-refractivity contribution is 5.76. The van der Waals surface area contributed by atoms with Gasteiger partial charge in [0.1, 0.15) is 5.82 Å². The zero-order valence-corrected chi connectivity index (χ0v) is 22.3. The van der Waals surface area contributed by atoms with E-state index in [-0.39, 0.29) is 5.91 Å². The largest absolute Gasteiger partial charge is 0.490 e. The molecule has 0 bridgehead atoms. The van der Waals surface area contributed by atoms with E-state index in [9.17, 15) is 4.79 Å². The highest BCUT2D eigenvalue weighted by atomic mass is 16.5. The number of hydrogen-bond donors (Lipinski definition) is 0. The van der Waals surface area contributed by atoms with Crippen LogP contribution in [0.5, 0.6) is 11.5 Å². The van der Waals surface area contributed by atoms with Crippen molar-refractivity contribution in [2.45, 2.75) is 59.2 Å². The molecule has 1 aromatic heterocycles. The minimum absolute atomic E-state index is 0.206. The van der Waals surface area contributed by atoms with Crippen LogP contribution in [0.25, 0.3) is 0 Å². The average Bonchev–Trinajstić information content (AvgIpc) is 3.32. The summed E-state index contributed by atoms with van der Waals surface area (Å²) in [6, 6.07) is 16.7. The molecule has 3 aromatic rings. The molecule has 0 fully saturated rings. The van der Waals surface area contributed by atoms with E-state index < -0.39 is 0 Å². The summed E-state index contributed by atoms with van der Waals surface area (Å²) in [6.45, 7) is 9.67. The van der Waals surface area contributed by atoms with Crippen LogP contribution in [0.1, 0.15) is 49.6 Å². The number of imidazole rings is 1. The Morgan fingerprint density at radius 2 is 1.89 bits per heavy atom. The Kier molecular flexibility index (Phi) is 10.0. The molecule has 0 aliphatic carbocycles. The van der Waals surface area contributed by atoms with Gasteiger partial charge in [-0.05, 0) is 44.7 Å². The first-order valence-corrected chi connectivity index (χ1v) is 13.5. The summed E-state index contributed by atoms with van der Waals surface area (Å²) < 4.78 is 14.3. The molecule has 198 valence electrons. The van der Waals surface area contributed by atoms with E-state index in [4.69, 9.17) is 9.47 Å². The van der Waals surface area contributed by atoms with Crippen LogP contribution < -0.4 is 9.47 Å². The number of aromatic nitrogens is 2. The summed E-state index contributed by atoms with van der Waals surface area (Å²) in [7, 11) is 0. The molecule has 7 heteroatoms. The van der Waals surface area contributed by atoms with Gasteiger partial charge in [-0.15, -0.1) is 0 Å². The normalized spacial score (nSPS) is 15.6. The van der Waals surface area contributed by atoms with Gasteiger partial charge in [0.05, 0.1) is 13.2 Å². The van der Waals surface area contributed by atoms with Crippen molar-refractivity contribution < 1.29 is 14.3 Å². The molecule has 0 saturated carbocycles. The maximum Gasteiger partial charge on any atom is 0.224 e. The van der Waals surface area contributed by atoms with Gasteiger partial charge in [-0.2, -0.15) is 0 Å². The molecule has 7 nitrogen and oxygen atoms in total. The standard InChI is InChI=1S/C30H40N4O3/c1-3-36-28-14-10-13-27-24-32(23-26-11-6-4-7-12-26)20-21-34(17-8-5-9-22-37-30(27)28)29(35)15-18-33-19-16-31-25(33)2/h4,6-7,10-14,16,19H,3,5,8-9,15,17-18,20-24H2,1-2H3. The maximum absolute atomic E-state index is 13.3. The molecular weight excluding hydrogens is 464 g/mol. The topological polar surface area (TPSA) is 59.8 Å². The van der Waals surface area contributed by atoms with Gasteiger partial charge in [0.2, 0.25) is 5.91 Å². The van der Waals surface area contributed by atoms with Crippen LogP contribution in [0, 0.1) is 6.92 Å². The number of nitrogens with zero attached hydrogens (tertiary/aromatic N) is 4. The molecule has 2 aromatic carbocycles. The predicted octanol–water partition coefficient (Wildman–Crippen LogP) is 5.07. The number of carbonyl (C=O) groups is 1. The average molecular weight is 505 g/mol. The lowest BCUT2D eigenvalue weighted by atomic mass is 10.1. The van der Waals surface area contributed by atoms with Crippen molar-refractivity contribution in [3.05, 3.63) is 77.9 Å². The van der Waals surface area contributed by atoms with E-state index in [2.05, 4.69) is 45.1 Å². The van der Waals surface area contributed by atoms with E-state index in [1.54, 1.807) is 6.20 Å². The molecule has 1 aliphatic rings. The number of aryl methyl sites for hydroxylation is 2. The lowest BCUT2D eigenvalue weighted by Gasteiger charge is -2.29. The van der Waals surface area contributed by atoms with E-state index in [1.807, 2.05) is 42.8 Å². The van der Waals surface area contributed by atoms with Gasteiger partial charge in [0.15, 0.2) is 11.5 Å². The highest BCUT2D eigenvalue weighted by Crippen LogP contribution is 2.33. The van der Waals surface area contributed by atoms with Crippen LogP contribution >= 0.6 is 0 Å². The van der Waals surface area contributed by atoms with E-state index >= 15 is 0 Å². The number of ether oxygens (including phenoxy) is 2. The Morgan fingerprint density at radius 1 is 1.03 bits per heavy atom. The molecule has 0 spiro atoms. The number of benzene rings is 2. The molecule has 37 heavy (non-hydrogen) atoms. The first-order valence-electron chi connectivity index (χ1n) is 13.5. The maximum atomic E-state index is 13.3. The zero-order chi connectivity index (χ0) is 25.9. The zero-order valence-electron chi connectivity index (χ0n) is 22.3. The predicted molar refractivity (Wildman–Crippen MR) is 146 cm³/mol. The second kappa shape index (κ2) is 13.8. The van der Waals surface area contributed by atoms with Gasteiger partial charge in [-0.3, -0.25) is 9.69 Å². The van der Waals surface area contributed by atoms with Crippen molar-refractivity contribution in [1.82, 2.24) is 19.4 Å². The Balaban J connectivity index is 1.53. The van der Waals surface area contributed by atoms with Crippen LogP contribution in [0.15, 0.2) is 60.9 Å². The summed E-state index contributed by atoms with van der Waals surface area (Å²) in [5.41, 5.74) is 2.37. The molecule has 0 atom stereocenters. The third-order valence-corrected chi connectivity index (χ3v) is 6.85. The van der Waals surface area contributed by atoms with Crippen LogP contribution in [0.4, 0.5) is 0 Å². The lowest BCUT2D eigenvalue weighted by Crippen LogP contribution is -2.39. The van der Waals surface area contributed by atoms with Gasteiger partial charge in [-0.1, -0.05) is 42.5 Å². The van der Waals surface area contributed by atoms with Crippen molar-refractivity contribution in [3.63, 3.8) is 0 Å². The quantitative estimate of drug-likeness (QED) is 0.449. The number of carbonyl (C=O) groups excluding carboxylic acids is 1. The summed E-state index contributed by atoms with van der Waals surface area (Å²) in [5.74, 6) is 2.81. The van der Waals surface area contributed by atoms with Crippen molar-refractivity contribution in [2.75, 3.05) is 32.8 Å². The smallest absolute Gasteiger partial charge is 0.224 e. The summed E-state index contributed by atoms with van der Waals surface area (Å²) in [4.78, 5) is 22.0. The van der Waals surface area contributed by atoms with Crippen LogP contribution in [-0.4, -0.2) is 58.1 Å². The monoisotopic (exact) mass is 504 g/mol. The van der Waals surface area contributed by atoms with E-state index in [0.717, 1.165) is 68.3 Å². The number of amides is 1. The Hall–Kier alpha value is -3.32. The third kappa shape index (κ3) is 7.83. The second-order valence-corrected chi connectivity index (χ2v) is 9.58. The van der Waals surface area contributed by atoms with E-state index in [1.165, 1.54) is 5.56 Å². The fraction of sp³-hybridized carbons (Fsp3) is 0.467. The summed E-state index contributed by atoms with van der Waals surface area (Å²) in [5, 5.41) is 0. The molecule has 0 N–H and O–H groups in total. The third-order valence-electron chi connectivity index (χ3n) is 6.85. The van der Waals surface area contributed by atoms with Gasteiger partial charge in [-0.25, -0.2) is 4.98 Å². The van der Waals surface area contributed by atoms with Gasteiger partial charge >= 0.3 is 0 Å². The number of rotatable bonds is 7. The molecule has 1 aliphatic heterocycles. The highest BCUT2D eigenvalue weighted by Gasteiger charge is 2.19. The SMILES string of the molecule is CCOc1cccc2c1OCCCCCN(C(=O)CCn1ccnc1C)CCN(Cc1ccccc1)C2. The summed E-state index contributed by atoms with van der Waals surface area (Å²) >= 11 is 0. The van der Waals surface area contributed by atoms with Crippen molar-refractivity contribution in [2.24, 2.45) is 0 Å². The van der Waals surface area contributed by atoms with Gasteiger partial charge in [0.25, 0.3) is 0 Å². The first kappa shape index (κ1) is 26.7. The van der Waals surface area contributed by atoms with Gasteiger partial charge < -0.3 is 18.9 Å². The molecule has 0 radical (unpaired) electrons. The number of fused-ring (bicyclic) bond motifs is 1. The Labute approximate surface area is 221 Å². The molecule has 4 rings (SSSR count). The molecule has 2 heterocycles. The number of hydrogen-bond acceptors (Lipinski definition) is 5. The minimum atomic E-state index is 0.206. The van der Waals surface area contributed by atoms with Crippen LogP contribution in [0.3, 0.4) is 0 Å². The fourth-order valence-electron chi connectivity index (χ4n) is 4.81. The van der Waals surface area contributed by atoms with Crippen molar-refractivity contribution in [3.8, 4) is 11.5 Å². The Bertz CT molecular complexity index is 1120. The lowest BCUT2D eigenvalue weighted by molar-refractivity contribution is -0.131. The second-order valence-electron chi connectivity index (χ2n) is 9.58. The van der Waals surface area contributed by atoms with Gasteiger partial charge in [0, 0.05) is 63.6 Å². The molecule has 1 amide bonds. The van der Waals surface area contributed by atoms with Crippen molar-refractivity contribution in [1.29, 1.82) is 0 Å². The molecule has 0 saturated heterocycles. The van der Waals surface area contributed by atoms with Crippen molar-refractivity contribution >= 4 is 5.91 Å². The van der Waals surface area contributed by atoms with E-state index in [0.29, 0.717) is 32.7 Å². The van der Waals surface area contributed by atoms with Crippen LogP contribution in [-0.2, 0) is 24.4 Å². The molecular formula is C30H40N4O3. The fourth-order valence-corrected chi connectivity index (χ4v) is 4.81. The van der Waals surface area contributed by atoms with Crippen LogP contribution in [0.2, 0.25) is 0 Å².